The number of hydrogen-bond donors (Lipinski definition) is 3. The van der Waals surface area contributed by atoms with E-state index in [-0.39, 0.29) is 5.91 Å². The maximum atomic E-state index is 12.1. The van der Waals surface area contributed by atoms with E-state index in [0.717, 1.165) is 51.9 Å². The predicted octanol–water partition coefficient (Wildman–Crippen LogP) is 0.957. The lowest BCUT2D eigenvalue weighted by atomic mass is 10.2. The van der Waals surface area contributed by atoms with E-state index in [1.807, 2.05) is 6.92 Å². The minimum atomic E-state index is -0.174. The molecule has 26 heavy (non-hydrogen) atoms. The fourth-order valence-corrected chi connectivity index (χ4v) is 2.79. The number of amides is 1. The first-order valence-electron chi connectivity index (χ1n) is 9.05. The van der Waals surface area contributed by atoms with Gasteiger partial charge < -0.3 is 20.7 Å². The molecule has 0 aromatic heterocycles. The molecule has 1 fully saturated rings. The molecule has 1 heterocycles. The molecule has 1 amide bonds. The van der Waals surface area contributed by atoms with Crippen molar-refractivity contribution in [2.24, 2.45) is 4.99 Å². The highest BCUT2D eigenvalue weighted by molar-refractivity contribution is 6.33. The molecule has 8 heteroatoms. The molecule has 2 rings (SSSR count). The molecule has 0 saturated carbocycles. The summed E-state index contributed by atoms with van der Waals surface area (Å²) in [6.07, 6.45) is 0. The maximum absolute atomic E-state index is 12.1. The Hall–Kier alpha value is -1.83. The monoisotopic (exact) mass is 381 g/mol. The van der Waals surface area contributed by atoms with Crippen molar-refractivity contribution in [2.45, 2.75) is 6.92 Å². The number of aliphatic imine (C=N–C) groups is 1. The van der Waals surface area contributed by atoms with E-state index in [1.54, 1.807) is 24.3 Å². The fourth-order valence-electron chi connectivity index (χ4n) is 2.57. The van der Waals surface area contributed by atoms with Gasteiger partial charge in [-0.3, -0.25) is 14.7 Å². The number of carbonyl (C=O) groups excluding carboxylic acids is 1. The van der Waals surface area contributed by atoms with Crippen LogP contribution in [0.5, 0.6) is 0 Å². The van der Waals surface area contributed by atoms with Crippen LogP contribution >= 0.6 is 11.6 Å². The van der Waals surface area contributed by atoms with E-state index in [1.165, 1.54) is 0 Å². The Bertz CT molecular complexity index is 591. The molecule has 1 aliphatic rings. The third-order valence-electron chi connectivity index (χ3n) is 3.96. The van der Waals surface area contributed by atoms with Crippen LogP contribution in [0.25, 0.3) is 0 Å². The lowest BCUT2D eigenvalue weighted by Crippen LogP contribution is -2.42. The molecule has 0 aliphatic carbocycles. The molecule has 0 spiro atoms. The van der Waals surface area contributed by atoms with Gasteiger partial charge in [0.15, 0.2) is 5.96 Å². The Morgan fingerprint density at radius 1 is 1.19 bits per heavy atom. The lowest BCUT2D eigenvalue weighted by Gasteiger charge is -2.25. The zero-order chi connectivity index (χ0) is 18.6. The van der Waals surface area contributed by atoms with Gasteiger partial charge in [0.1, 0.15) is 0 Å². The zero-order valence-electron chi connectivity index (χ0n) is 15.3. The molecule has 0 radical (unpaired) electrons. The smallest absolute Gasteiger partial charge is 0.252 e. The van der Waals surface area contributed by atoms with Crippen LogP contribution in [0.3, 0.4) is 0 Å². The second kappa shape index (κ2) is 11.7. The average molecular weight is 382 g/mol. The number of carbonyl (C=O) groups is 1. The molecule has 144 valence electrons. The normalized spacial score (nSPS) is 15.5. The van der Waals surface area contributed by atoms with E-state index in [4.69, 9.17) is 16.3 Å². The maximum Gasteiger partial charge on any atom is 0.252 e. The van der Waals surface area contributed by atoms with Gasteiger partial charge in [-0.1, -0.05) is 23.7 Å². The van der Waals surface area contributed by atoms with Gasteiger partial charge in [0.05, 0.1) is 30.3 Å². The van der Waals surface area contributed by atoms with Gasteiger partial charge in [0, 0.05) is 39.3 Å². The quantitative estimate of drug-likeness (QED) is 0.355. The summed E-state index contributed by atoms with van der Waals surface area (Å²) in [7, 11) is 0. The number of benzene rings is 1. The summed E-state index contributed by atoms with van der Waals surface area (Å²) in [5, 5.41) is 9.75. The summed E-state index contributed by atoms with van der Waals surface area (Å²) in [5.74, 6) is 0.583. The summed E-state index contributed by atoms with van der Waals surface area (Å²) in [6, 6.07) is 7.02. The molecular formula is C18H28ClN5O2. The summed E-state index contributed by atoms with van der Waals surface area (Å²) < 4.78 is 5.34. The fraction of sp³-hybridized carbons (Fsp3) is 0.556. The number of ether oxygens (including phenoxy) is 1. The summed E-state index contributed by atoms with van der Waals surface area (Å²) in [4.78, 5) is 19.0. The van der Waals surface area contributed by atoms with Crippen LogP contribution in [-0.4, -0.2) is 75.8 Å². The van der Waals surface area contributed by atoms with Crippen LogP contribution in [0.15, 0.2) is 29.3 Å². The van der Waals surface area contributed by atoms with E-state index in [2.05, 4.69) is 25.8 Å². The second-order valence-corrected chi connectivity index (χ2v) is 6.28. The lowest BCUT2D eigenvalue weighted by molar-refractivity contribution is 0.0394. The van der Waals surface area contributed by atoms with Crippen molar-refractivity contribution in [3.63, 3.8) is 0 Å². The van der Waals surface area contributed by atoms with Crippen LogP contribution in [0, 0.1) is 0 Å². The van der Waals surface area contributed by atoms with Crippen LogP contribution in [0.4, 0.5) is 0 Å². The first kappa shape index (κ1) is 20.5. The van der Waals surface area contributed by atoms with Gasteiger partial charge in [-0.2, -0.15) is 0 Å². The largest absolute Gasteiger partial charge is 0.379 e. The Morgan fingerprint density at radius 3 is 2.65 bits per heavy atom. The van der Waals surface area contributed by atoms with Crippen molar-refractivity contribution in [3.8, 4) is 0 Å². The average Bonchev–Trinajstić information content (AvgIpc) is 2.66. The molecule has 7 nitrogen and oxygen atoms in total. The van der Waals surface area contributed by atoms with Crippen LogP contribution in [-0.2, 0) is 4.74 Å². The van der Waals surface area contributed by atoms with Gasteiger partial charge in [-0.15, -0.1) is 0 Å². The van der Waals surface area contributed by atoms with Crippen LogP contribution in [0.1, 0.15) is 17.3 Å². The molecule has 0 atom stereocenters. The van der Waals surface area contributed by atoms with E-state index < -0.39 is 0 Å². The summed E-state index contributed by atoms with van der Waals surface area (Å²) in [6.45, 7) is 9.05. The van der Waals surface area contributed by atoms with Crippen molar-refractivity contribution >= 4 is 23.5 Å². The Labute approximate surface area is 160 Å². The summed E-state index contributed by atoms with van der Waals surface area (Å²) >= 11 is 6.03. The number of halogens is 1. The van der Waals surface area contributed by atoms with E-state index in [9.17, 15) is 4.79 Å². The standard InChI is InChI=1S/C18H28ClN5O2/c1-2-20-18(23-9-10-24-11-13-26-14-12-24)22-8-7-21-17(25)15-5-3-4-6-16(15)19/h3-6H,2,7-14H2,1H3,(H,21,25)(H2,20,22,23). The molecule has 1 aromatic rings. The highest BCUT2D eigenvalue weighted by Gasteiger charge is 2.10. The topological polar surface area (TPSA) is 78.0 Å². The zero-order valence-corrected chi connectivity index (χ0v) is 16.0. The Balaban J connectivity index is 1.69. The van der Waals surface area contributed by atoms with E-state index >= 15 is 0 Å². The Morgan fingerprint density at radius 2 is 1.92 bits per heavy atom. The SMILES string of the molecule is CCNC(=NCCN1CCOCC1)NCCNC(=O)c1ccccc1Cl. The predicted molar refractivity (Wildman–Crippen MR) is 105 cm³/mol. The molecule has 1 saturated heterocycles. The highest BCUT2D eigenvalue weighted by Crippen LogP contribution is 2.14. The van der Waals surface area contributed by atoms with Crippen molar-refractivity contribution < 1.29 is 9.53 Å². The number of nitrogens with one attached hydrogen (secondary N) is 3. The van der Waals surface area contributed by atoms with Crippen molar-refractivity contribution in [3.05, 3.63) is 34.9 Å². The summed E-state index contributed by atoms with van der Waals surface area (Å²) in [5.41, 5.74) is 0.486. The number of nitrogens with zero attached hydrogens (tertiary/aromatic N) is 2. The third kappa shape index (κ3) is 7.19. The van der Waals surface area contributed by atoms with Crippen LogP contribution in [0.2, 0.25) is 5.02 Å². The van der Waals surface area contributed by atoms with Crippen molar-refractivity contribution in [2.75, 3.05) is 59.0 Å². The molecule has 1 aromatic carbocycles. The minimum absolute atomic E-state index is 0.174. The van der Waals surface area contributed by atoms with Crippen molar-refractivity contribution in [1.29, 1.82) is 0 Å². The number of guanidine groups is 1. The second-order valence-electron chi connectivity index (χ2n) is 5.88. The van der Waals surface area contributed by atoms with E-state index in [0.29, 0.717) is 23.7 Å². The van der Waals surface area contributed by atoms with Gasteiger partial charge in [-0.05, 0) is 19.1 Å². The number of morpholine rings is 1. The Kier molecular flexibility index (Phi) is 9.23. The number of rotatable bonds is 8. The third-order valence-corrected chi connectivity index (χ3v) is 4.29. The molecular weight excluding hydrogens is 354 g/mol. The van der Waals surface area contributed by atoms with Gasteiger partial charge in [0.2, 0.25) is 0 Å². The number of hydrogen-bond acceptors (Lipinski definition) is 4. The first-order chi connectivity index (χ1) is 12.7. The molecule has 0 unspecified atom stereocenters. The van der Waals surface area contributed by atoms with Crippen molar-refractivity contribution in [1.82, 2.24) is 20.9 Å². The van der Waals surface area contributed by atoms with Gasteiger partial charge in [-0.25, -0.2) is 0 Å². The van der Waals surface area contributed by atoms with Gasteiger partial charge >= 0.3 is 0 Å². The molecule has 1 aliphatic heterocycles. The highest BCUT2D eigenvalue weighted by atomic mass is 35.5. The first-order valence-corrected chi connectivity index (χ1v) is 9.43. The minimum Gasteiger partial charge on any atom is -0.379 e. The molecule has 0 bridgehead atoms. The van der Waals surface area contributed by atoms with Gasteiger partial charge in [0.25, 0.3) is 5.91 Å². The van der Waals surface area contributed by atoms with Crippen LogP contribution < -0.4 is 16.0 Å². The molecule has 3 N–H and O–H groups in total.